The Labute approximate surface area is 130 Å². The van der Waals surface area contributed by atoms with Gasteiger partial charge in [-0.2, -0.15) is 0 Å². The van der Waals surface area contributed by atoms with Crippen LogP contribution in [0.5, 0.6) is 0 Å². The van der Waals surface area contributed by atoms with Crippen LogP contribution in [0.15, 0.2) is 24.5 Å². The summed E-state index contributed by atoms with van der Waals surface area (Å²) >= 11 is 0. The molecule has 0 radical (unpaired) electrons. The number of pyridine rings is 1. The predicted octanol–water partition coefficient (Wildman–Crippen LogP) is 1.03. The van der Waals surface area contributed by atoms with Crippen LogP contribution in [0.3, 0.4) is 0 Å². The quantitative estimate of drug-likeness (QED) is 0.844. The molecule has 0 unspecified atom stereocenters. The third kappa shape index (κ3) is 2.59. The lowest BCUT2D eigenvalue weighted by molar-refractivity contribution is -0.132. The number of nitrogens with zero attached hydrogens (tertiary/aromatic N) is 3. The van der Waals surface area contributed by atoms with E-state index in [1.165, 1.54) is 10.5 Å². The Balaban J connectivity index is 1.62. The number of hydrogen-bond donors (Lipinski definition) is 1. The molecule has 2 aliphatic heterocycles. The van der Waals surface area contributed by atoms with Crippen molar-refractivity contribution in [3.63, 3.8) is 0 Å². The number of carbonyl (C=O) groups is 2. The van der Waals surface area contributed by atoms with Gasteiger partial charge in [-0.05, 0) is 44.4 Å². The lowest BCUT2D eigenvalue weighted by Gasteiger charge is -2.23. The van der Waals surface area contributed by atoms with Gasteiger partial charge in [0.05, 0.1) is 0 Å². The van der Waals surface area contributed by atoms with Crippen molar-refractivity contribution in [1.29, 1.82) is 0 Å². The maximum atomic E-state index is 12.6. The van der Waals surface area contributed by atoms with Gasteiger partial charge in [-0.1, -0.05) is 0 Å². The highest BCUT2D eigenvalue weighted by molar-refractivity contribution is 6.07. The fourth-order valence-electron chi connectivity index (χ4n) is 3.30. The van der Waals surface area contributed by atoms with Crippen LogP contribution in [-0.4, -0.2) is 57.9 Å². The van der Waals surface area contributed by atoms with Crippen molar-refractivity contribution in [3.8, 4) is 0 Å². The summed E-state index contributed by atoms with van der Waals surface area (Å²) in [7, 11) is 0. The second kappa shape index (κ2) is 5.68. The van der Waals surface area contributed by atoms with Crippen LogP contribution < -0.4 is 5.32 Å². The van der Waals surface area contributed by atoms with Crippen LogP contribution >= 0.6 is 0 Å². The van der Waals surface area contributed by atoms with Gasteiger partial charge in [-0.25, -0.2) is 4.79 Å². The molecule has 3 amide bonds. The van der Waals surface area contributed by atoms with E-state index in [1.807, 2.05) is 26.0 Å². The smallest absolute Gasteiger partial charge is 0.322 e. The Kier molecular flexibility index (Phi) is 3.87. The topological polar surface area (TPSA) is 65.5 Å². The van der Waals surface area contributed by atoms with Crippen molar-refractivity contribution < 1.29 is 9.59 Å². The van der Waals surface area contributed by atoms with Crippen molar-refractivity contribution in [2.45, 2.75) is 38.3 Å². The molecule has 3 heterocycles. The molecule has 2 saturated heterocycles. The van der Waals surface area contributed by atoms with Crippen molar-refractivity contribution in [1.82, 2.24) is 20.1 Å². The lowest BCUT2D eigenvalue weighted by Crippen LogP contribution is -2.49. The predicted molar refractivity (Wildman–Crippen MR) is 82.2 cm³/mol. The second-order valence-electron chi connectivity index (χ2n) is 6.41. The summed E-state index contributed by atoms with van der Waals surface area (Å²) in [5, 5.41) is 2.92. The van der Waals surface area contributed by atoms with Gasteiger partial charge in [0.1, 0.15) is 5.54 Å². The maximum Gasteiger partial charge on any atom is 0.325 e. The second-order valence-corrected chi connectivity index (χ2v) is 6.41. The van der Waals surface area contributed by atoms with E-state index in [2.05, 4.69) is 15.2 Å². The molecule has 0 bridgehead atoms. The van der Waals surface area contributed by atoms with Crippen molar-refractivity contribution in [3.05, 3.63) is 30.1 Å². The monoisotopic (exact) mass is 302 g/mol. The average Bonchev–Trinajstić information content (AvgIpc) is 3.00. The highest BCUT2D eigenvalue weighted by Gasteiger charge is 2.54. The van der Waals surface area contributed by atoms with Gasteiger partial charge < -0.3 is 10.2 Å². The van der Waals surface area contributed by atoms with E-state index in [4.69, 9.17) is 0 Å². The molecule has 6 nitrogen and oxygen atoms in total. The van der Waals surface area contributed by atoms with Gasteiger partial charge in [0.25, 0.3) is 5.91 Å². The average molecular weight is 302 g/mol. The highest BCUT2D eigenvalue weighted by Crippen LogP contribution is 2.29. The number of rotatable bonds is 4. The molecule has 1 aromatic rings. The summed E-state index contributed by atoms with van der Waals surface area (Å²) in [6, 6.07) is 3.66. The Morgan fingerprint density at radius 1 is 1.32 bits per heavy atom. The molecule has 3 rings (SSSR count). The highest BCUT2D eigenvalue weighted by atomic mass is 16.2. The third-order valence-electron chi connectivity index (χ3n) is 4.52. The molecule has 0 saturated carbocycles. The van der Waals surface area contributed by atoms with Crippen LogP contribution in [0, 0.1) is 0 Å². The molecular formula is C16H22N4O2. The largest absolute Gasteiger partial charge is 0.325 e. The number of imide groups is 1. The zero-order valence-electron chi connectivity index (χ0n) is 13.1. The molecule has 22 heavy (non-hydrogen) atoms. The number of carbonyl (C=O) groups excluding carboxylic acids is 2. The Hall–Kier alpha value is -1.95. The zero-order chi connectivity index (χ0) is 15.7. The molecule has 6 heteroatoms. The maximum absolute atomic E-state index is 12.6. The molecule has 0 aliphatic carbocycles. The lowest BCUT2D eigenvalue weighted by atomic mass is 9.98. The molecule has 1 N–H and O–H groups in total. The van der Waals surface area contributed by atoms with Gasteiger partial charge in [0.15, 0.2) is 0 Å². The Morgan fingerprint density at radius 2 is 2.05 bits per heavy atom. The molecule has 0 aromatic carbocycles. The first-order valence-electron chi connectivity index (χ1n) is 7.79. The number of amides is 3. The summed E-state index contributed by atoms with van der Waals surface area (Å²) in [4.78, 5) is 32.3. The van der Waals surface area contributed by atoms with Crippen molar-refractivity contribution >= 4 is 11.9 Å². The van der Waals surface area contributed by atoms with E-state index in [-0.39, 0.29) is 18.0 Å². The van der Waals surface area contributed by atoms with Crippen LogP contribution in [0.25, 0.3) is 0 Å². The molecule has 1 aromatic heterocycles. The van der Waals surface area contributed by atoms with Gasteiger partial charge >= 0.3 is 6.03 Å². The number of aromatic nitrogens is 1. The molecular weight excluding hydrogens is 280 g/mol. The Bertz CT molecular complexity index is 575. The zero-order valence-corrected chi connectivity index (χ0v) is 13.1. The minimum Gasteiger partial charge on any atom is -0.322 e. The number of nitrogens with one attached hydrogen (secondary N) is 1. The molecule has 2 fully saturated rings. The van der Waals surface area contributed by atoms with E-state index >= 15 is 0 Å². The molecule has 2 aliphatic rings. The first-order chi connectivity index (χ1) is 10.5. The summed E-state index contributed by atoms with van der Waals surface area (Å²) in [6.07, 6.45) is 5.20. The summed E-state index contributed by atoms with van der Waals surface area (Å²) in [5.74, 6) is -0.0705. The number of urea groups is 1. The van der Waals surface area contributed by atoms with Crippen molar-refractivity contribution in [2.24, 2.45) is 0 Å². The van der Waals surface area contributed by atoms with E-state index in [1.54, 1.807) is 12.4 Å². The molecule has 1 atom stereocenters. The molecule has 118 valence electrons. The molecule has 1 spiro atoms. The SMILES string of the molecule is CC(C)N1C(=O)N[C@@]2(CCN(CCc3ccncc3)C2)C1=O. The first-order valence-corrected chi connectivity index (χ1v) is 7.79. The van der Waals surface area contributed by atoms with Gasteiger partial charge in [0, 0.05) is 38.1 Å². The fraction of sp³-hybridized carbons (Fsp3) is 0.562. The van der Waals surface area contributed by atoms with Crippen LogP contribution in [0.4, 0.5) is 4.79 Å². The van der Waals surface area contributed by atoms with Crippen LogP contribution in [0.2, 0.25) is 0 Å². The summed E-state index contributed by atoms with van der Waals surface area (Å²) < 4.78 is 0. The van der Waals surface area contributed by atoms with Gasteiger partial charge in [-0.3, -0.25) is 14.7 Å². The van der Waals surface area contributed by atoms with Gasteiger partial charge in [-0.15, -0.1) is 0 Å². The number of hydrogen-bond acceptors (Lipinski definition) is 4. The minimum absolute atomic E-state index is 0.0705. The van der Waals surface area contributed by atoms with E-state index in [0.29, 0.717) is 13.0 Å². The standard InChI is InChI=1S/C16H22N4O2/c1-12(2)20-14(21)16(18-15(20)22)6-10-19(11-16)9-5-13-3-7-17-8-4-13/h3-4,7-8,12H,5-6,9-11H2,1-2H3,(H,18,22)/t16-/m1/s1. The van der Waals surface area contributed by atoms with Crippen LogP contribution in [0.1, 0.15) is 25.8 Å². The summed E-state index contributed by atoms with van der Waals surface area (Å²) in [6.45, 7) is 6.06. The van der Waals surface area contributed by atoms with E-state index < -0.39 is 5.54 Å². The van der Waals surface area contributed by atoms with Crippen molar-refractivity contribution in [2.75, 3.05) is 19.6 Å². The number of likely N-dealkylation sites (tertiary alicyclic amines) is 1. The minimum atomic E-state index is -0.709. The first kappa shape index (κ1) is 15.0. The normalized spacial score (nSPS) is 25.5. The third-order valence-corrected chi connectivity index (χ3v) is 4.52. The fourth-order valence-corrected chi connectivity index (χ4v) is 3.30. The Morgan fingerprint density at radius 3 is 2.68 bits per heavy atom. The summed E-state index contributed by atoms with van der Waals surface area (Å²) in [5.41, 5.74) is 0.529. The van der Waals surface area contributed by atoms with E-state index in [0.717, 1.165) is 19.5 Å². The van der Waals surface area contributed by atoms with Gasteiger partial charge in [0.2, 0.25) is 0 Å². The van der Waals surface area contributed by atoms with E-state index in [9.17, 15) is 9.59 Å². The van der Waals surface area contributed by atoms with Crippen LogP contribution in [-0.2, 0) is 11.2 Å².